The Morgan fingerprint density at radius 3 is 1.81 bits per heavy atom. The zero-order valence-electron chi connectivity index (χ0n) is 11.5. The van der Waals surface area contributed by atoms with E-state index < -0.39 is 0 Å². The van der Waals surface area contributed by atoms with Gasteiger partial charge in [-0.05, 0) is 28.5 Å². The van der Waals surface area contributed by atoms with Gasteiger partial charge in [-0.1, -0.05) is 60.7 Å². The summed E-state index contributed by atoms with van der Waals surface area (Å²) in [6.45, 7) is 0. The SMILES string of the molecule is NC(=Cc1ccccc1)c1ccccc1.c1cnnnc1. The Morgan fingerprint density at radius 1 is 0.762 bits per heavy atom. The highest BCUT2D eigenvalue weighted by Crippen LogP contribution is 2.12. The smallest absolute Gasteiger partial charge is 0.0529 e. The van der Waals surface area contributed by atoms with Crippen molar-refractivity contribution in [2.24, 2.45) is 5.73 Å². The summed E-state index contributed by atoms with van der Waals surface area (Å²) in [6, 6.07) is 21.8. The fourth-order valence-electron chi connectivity index (χ4n) is 1.65. The van der Waals surface area contributed by atoms with Gasteiger partial charge in [0, 0.05) is 5.70 Å². The molecule has 0 amide bonds. The number of nitrogens with zero attached hydrogens (tertiary/aromatic N) is 3. The van der Waals surface area contributed by atoms with Crippen LogP contribution in [0.4, 0.5) is 0 Å². The van der Waals surface area contributed by atoms with Crippen LogP contribution in [0.2, 0.25) is 0 Å². The fourth-order valence-corrected chi connectivity index (χ4v) is 1.65. The van der Waals surface area contributed by atoms with Crippen LogP contribution in [0.15, 0.2) is 79.1 Å². The minimum Gasteiger partial charge on any atom is -0.398 e. The average molecular weight is 276 g/mol. The van der Waals surface area contributed by atoms with Crippen LogP contribution in [0.5, 0.6) is 0 Å². The lowest BCUT2D eigenvalue weighted by Crippen LogP contribution is -1.95. The minimum absolute atomic E-state index is 0.793. The first-order chi connectivity index (χ1) is 10.4. The molecule has 0 saturated heterocycles. The van der Waals surface area contributed by atoms with Crippen LogP contribution in [-0.4, -0.2) is 15.4 Å². The molecule has 0 spiro atoms. The maximum atomic E-state index is 5.99. The van der Waals surface area contributed by atoms with E-state index in [0.29, 0.717) is 0 Å². The predicted molar refractivity (Wildman–Crippen MR) is 84.8 cm³/mol. The molecule has 0 radical (unpaired) electrons. The van der Waals surface area contributed by atoms with Gasteiger partial charge in [0.2, 0.25) is 0 Å². The van der Waals surface area contributed by atoms with E-state index in [-0.39, 0.29) is 0 Å². The molecule has 0 aliphatic rings. The lowest BCUT2D eigenvalue weighted by molar-refractivity contribution is 0.865. The molecule has 0 fully saturated rings. The normalized spacial score (nSPS) is 10.4. The molecule has 3 aromatic rings. The van der Waals surface area contributed by atoms with Crippen molar-refractivity contribution in [2.45, 2.75) is 0 Å². The van der Waals surface area contributed by atoms with Crippen molar-refractivity contribution < 1.29 is 0 Å². The van der Waals surface area contributed by atoms with E-state index in [0.717, 1.165) is 16.8 Å². The van der Waals surface area contributed by atoms with Crippen molar-refractivity contribution in [1.82, 2.24) is 15.4 Å². The zero-order valence-corrected chi connectivity index (χ0v) is 11.5. The molecule has 1 aromatic heterocycles. The third-order valence-corrected chi connectivity index (χ3v) is 2.64. The molecule has 0 aliphatic carbocycles. The van der Waals surface area contributed by atoms with Gasteiger partial charge in [-0.25, -0.2) is 0 Å². The Bertz CT molecular complexity index is 625. The molecule has 2 N–H and O–H groups in total. The Morgan fingerprint density at radius 2 is 1.33 bits per heavy atom. The van der Waals surface area contributed by atoms with Crippen LogP contribution in [0.1, 0.15) is 11.1 Å². The Kier molecular flexibility index (Phi) is 5.64. The summed E-state index contributed by atoms with van der Waals surface area (Å²) in [5, 5.41) is 10.1. The first kappa shape index (κ1) is 14.4. The third-order valence-electron chi connectivity index (χ3n) is 2.64. The predicted octanol–water partition coefficient (Wildman–Crippen LogP) is 3.02. The van der Waals surface area contributed by atoms with Gasteiger partial charge in [-0.3, -0.25) is 0 Å². The van der Waals surface area contributed by atoms with Gasteiger partial charge in [-0.15, -0.1) is 10.2 Å². The number of nitrogens with two attached hydrogens (primary N) is 1. The molecule has 2 aromatic carbocycles. The second-order valence-electron chi connectivity index (χ2n) is 4.19. The Balaban J connectivity index is 0.000000225. The van der Waals surface area contributed by atoms with Crippen LogP contribution in [0.25, 0.3) is 11.8 Å². The van der Waals surface area contributed by atoms with Crippen molar-refractivity contribution in [1.29, 1.82) is 0 Å². The second kappa shape index (κ2) is 8.22. The largest absolute Gasteiger partial charge is 0.398 e. The summed E-state index contributed by atoms with van der Waals surface area (Å²) in [6.07, 6.45) is 5.13. The fraction of sp³-hybridized carbons (Fsp3) is 0. The summed E-state index contributed by atoms with van der Waals surface area (Å²) in [7, 11) is 0. The van der Waals surface area contributed by atoms with Crippen LogP contribution in [0.3, 0.4) is 0 Å². The van der Waals surface area contributed by atoms with Crippen molar-refractivity contribution in [2.75, 3.05) is 0 Å². The quantitative estimate of drug-likeness (QED) is 0.731. The van der Waals surface area contributed by atoms with Crippen molar-refractivity contribution in [3.05, 3.63) is 90.3 Å². The second-order valence-corrected chi connectivity index (χ2v) is 4.19. The highest BCUT2D eigenvalue weighted by molar-refractivity contribution is 5.79. The Hall–Kier alpha value is -3.01. The van der Waals surface area contributed by atoms with Crippen molar-refractivity contribution in [3.63, 3.8) is 0 Å². The summed E-state index contributed by atoms with van der Waals surface area (Å²) in [4.78, 5) is 0. The molecule has 3 rings (SSSR count). The number of hydrogen-bond donors (Lipinski definition) is 1. The molecule has 21 heavy (non-hydrogen) atoms. The number of rotatable bonds is 2. The average Bonchev–Trinajstić information content (AvgIpc) is 2.59. The van der Waals surface area contributed by atoms with Crippen LogP contribution in [0, 0.1) is 0 Å². The standard InChI is InChI=1S/C14H13N.C3H3N3/c15-14(13-9-5-2-6-10-13)11-12-7-3-1-4-8-12;1-2-4-6-5-3-1/h1-11H,15H2;1-3H. The molecular weight excluding hydrogens is 260 g/mol. The molecular formula is C17H16N4. The van der Waals surface area contributed by atoms with Crippen LogP contribution >= 0.6 is 0 Å². The van der Waals surface area contributed by atoms with E-state index >= 15 is 0 Å². The van der Waals surface area contributed by atoms with Crippen molar-refractivity contribution in [3.8, 4) is 0 Å². The number of aromatic nitrogens is 3. The lowest BCUT2D eigenvalue weighted by Gasteiger charge is -2.01. The molecule has 1 heterocycles. The highest BCUT2D eigenvalue weighted by Gasteiger charge is 1.94. The van der Waals surface area contributed by atoms with E-state index in [1.54, 1.807) is 18.5 Å². The first-order valence-electron chi connectivity index (χ1n) is 6.52. The molecule has 0 aliphatic heterocycles. The van der Waals surface area contributed by atoms with E-state index in [4.69, 9.17) is 5.73 Å². The van der Waals surface area contributed by atoms with Gasteiger partial charge in [-0.2, -0.15) is 0 Å². The number of benzene rings is 2. The first-order valence-corrected chi connectivity index (χ1v) is 6.52. The topological polar surface area (TPSA) is 64.7 Å². The van der Waals surface area contributed by atoms with Crippen LogP contribution < -0.4 is 5.73 Å². The molecule has 0 atom stereocenters. The van der Waals surface area contributed by atoms with Gasteiger partial charge in [0.05, 0.1) is 12.4 Å². The third kappa shape index (κ3) is 5.24. The molecule has 4 heteroatoms. The summed E-state index contributed by atoms with van der Waals surface area (Å²) in [5.74, 6) is 0. The molecule has 0 unspecified atom stereocenters. The number of hydrogen-bond acceptors (Lipinski definition) is 4. The molecule has 0 saturated carbocycles. The maximum absolute atomic E-state index is 5.99. The molecule has 104 valence electrons. The van der Waals surface area contributed by atoms with E-state index in [1.807, 2.05) is 66.7 Å². The molecule has 0 bridgehead atoms. The van der Waals surface area contributed by atoms with E-state index in [1.165, 1.54) is 0 Å². The van der Waals surface area contributed by atoms with Crippen LogP contribution in [-0.2, 0) is 0 Å². The summed E-state index contributed by atoms with van der Waals surface area (Å²) < 4.78 is 0. The van der Waals surface area contributed by atoms with E-state index in [9.17, 15) is 0 Å². The van der Waals surface area contributed by atoms with Gasteiger partial charge >= 0.3 is 0 Å². The van der Waals surface area contributed by atoms with E-state index in [2.05, 4.69) is 15.4 Å². The Labute approximate surface area is 124 Å². The van der Waals surface area contributed by atoms with Gasteiger partial charge in [0.1, 0.15) is 0 Å². The minimum atomic E-state index is 0.793. The highest BCUT2D eigenvalue weighted by atomic mass is 15.3. The lowest BCUT2D eigenvalue weighted by atomic mass is 10.1. The zero-order chi connectivity index (χ0) is 14.8. The van der Waals surface area contributed by atoms with Gasteiger partial charge < -0.3 is 5.73 Å². The summed E-state index contributed by atoms with van der Waals surface area (Å²) >= 11 is 0. The van der Waals surface area contributed by atoms with Gasteiger partial charge in [0.25, 0.3) is 0 Å². The van der Waals surface area contributed by atoms with Crippen molar-refractivity contribution >= 4 is 11.8 Å². The van der Waals surface area contributed by atoms with Gasteiger partial charge in [0.15, 0.2) is 0 Å². The molecule has 4 nitrogen and oxygen atoms in total. The maximum Gasteiger partial charge on any atom is 0.0529 e. The monoisotopic (exact) mass is 276 g/mol. The summed E-state index contributed by atoms with van der Waals surface area (Å²) in [5.41, 5.74) is 8.96.